The summed E-state index contributed by atoms with van der Waals surface area (Å²) >= 11 is 1.54. The largest absolute Gasteiger partial charge is 0.349 e. The van der Waals surface area contributed by atoms with Crippen LogP contribution in [0, 0.1) is 13.8 Å². The van der Waals surface area contributed by atoms with E-state index in [0.717, 1.165) is 41.8 Å². The van der Waals surface area contributed by atoms with Crippen LogP contribution in [0.5, 0.6) is 0 Å². The van der Waals surface area contributed by atoms with Gasteiger partial charge in [0.15, 0.2) is 0 Å². The third-order valence-electron chi connectivity index (χ3n) is 5.22. The summed E-state index contributed by atoms with van der Waals surface area (Å²) in [6.45, 7) is 5.82. The van der Waals surface area contributed by atoms with Crippen molar-refractivity contribution in [1.82, 2.24) is 20.3 Å². The number of benzene rings is 1. The minimum absolute atomic E-state index is 0.0650. The summed E-state index contributed by atoms with van der Waals surface area (Å²) in [5.41, 5.74) is 3.03. The lowest BCUT2D eigenvalue weighted by atomic mass is 10.0. The molecular formula is C23H25N5OS. The molecule has 0 atom stereocenters. The van der Waals surface area contributed by atoms with Crippen molar-refractivity contribution in [2.45, 2.75) is 42.7 Å². The molecule has 1 fully saturated rings. The van der Waals surface area contributed by atoms with E-state index in [1.165, 1.54) is 11.1 Å². The summed E-state index contributed by atoms with van der Waals surface area (Å²) in [5.74, 6) is 0.687. The molecule has 0 unspecified atom stereocenters. The topological polar surface area (TPSA) is 71.0 Å². The molecule has 0 radical (unpaired) electrons. The molecule has 6 nitrogen and oxygen atoms in total. The molecular weight excluding hydrogens is 394 g/mol. The van der Waals surface area contributed by atoms with Gasteiger partial charge >= 0.3 is 0 Å². The minimum Gasteiger partial charge on any atom is -0.349 e. The van der Waals surface area contributed by atoms with Gasteiger partial charge < -0.3 is 10.2 Å². The summed E-state index contributed by atoms with van der Waals surface area (Å²) in [6, 6.07) is 11.9. The number of anilines is 1. The fraction of sp³-hybridized carbons (Fsp3) is 0.304. The van der Waals surface area contributed by atoms with Crippen LogP contribution in [0.25, 0.3) is 0 Å². The number of aromatic nitrogens is 3. The van der Waals surface area contributed by atoms with Crippen molar-refractivity contribution >= 4 is 23.6 Å². The van der Waals surface area contributed by atoms with Crippen molar-refractivity contribution in [2.24, 2.45) is 0 Å². The van der Waals surface area contributed by atoms with Gasteiger partial charge in [-0.3, -0.25) is 4.79 Å². The van der Waals surface area contributed by atoms with Crippen LogP contribution in [0.2, 0.25) is 0 Å². The number of carbonyl (C=O) groups excluding carboxylic acids is 1. The molecule has 30 heavy (non-hydrogen) atoms. The highest BCUT2D eigenvalue weighted by Gasteiger charge is 2.23. The number of piperidine rings is 1. The molecule has 0 spiro atoms. The second-order valence-corrected chi connectivity index (χ2v) is 8.54. The van der Waals surface area contributed by atoms with E-state index in [4.69, 9.17) is 0 Å². The monoisotopic (exact) mass is 419 g/mol. The Kier molecular flexibility index (Phi) is 6.28. The van der Waals surface area contributed by atoms with Crippen molar-refractivity contribution in [3.05, 3.63) is 71.7 Å². The quantitative estimate of drug-likeness (QED) is 0.673. The highest BCUT2D eigenvalue weighted by Crippen LogP contribution is 2.31. The molecule has 1 aliphatic heterocycles. The number of nitrogens with one attached hydrogen (secondary N) is 1. The molecule has 1 N–H and O–H groups in total. The molecule has 1 amide bonds. The van der Waals surface area contributed by atoms with E-state index >= 15 is 0 Å². The zero-order valence-corrected chi connectivity index (χ0v) is 18.0. The average molecular weight is 420 g/mol. The van der Waals surface area contributed by atoms with E-state index in [9.17, 15) is 4.79 Å². The molecule has 0 saturated carbocycles. The van der Waals surface area contributed by atoms with Crippen LogP contribution in [0.15, 0.2) is 64.9 Å². The number of rotatable bonds is 5. The molecule has 1 saturated heterocycles. The Bertz CT molecular complexity index is 1020. The lowest BCUT2D eigenvalue weighted by Crippen LogP contribution is -2.45. The smallest absolute Gasteiger partial charge is 0.254 e. The highest BCUT2D eigenvalue weighted by atomic mass is 32.2. The molecule has 3 aromatic rings. The van der Waals surface area contributed by atoms with Crippen molar-refractivity contribution < 1.29 is 4.79 Å². The third-order valence-corrected chi connectivity index (χ3v) is 6.41. The number of hydrogen-bond donors (Lipinski definition) is 1. The first-order valence-electron chi connectivity index (χ1n) is 10.1. The zero-order valence-electron chi connectivity index (χ0n) is 17.2. The van der Waals surface area contributed by atoms with Crippen molar-refractivity contribution in [3.8, 4) is 0 Å². The standard InChI is InChI=1S/C23H25N5OS/c1-16-6-7-20(17(2)15-16)30-22-19(5-3-10-24-22)21(29)27-18-8-13-28(14-9-18)23-25-11-4-12-26-23/h3-7,10-12,15,18H,8-9,13-14H2,1-2H3,(H,27,29). The number of aryl methyl sites for hydroxylation is 2. The summed E-state index contributed by atoms with van der Waals surface area (Å²) < 4.78 is 0. The van der Waals surface area contributed by atoms with Gasteiger partial charge in [-0.05, 0) is 56.5 Å². The van der Waals surface area contributed by atoms with Crippen LogP contribution in [0.1, 0.15) is 34.3 Å². The Morgan fingerprint density at radius 1 is 1.03 bits per heavy atom. The lowest BCUT2D eigenvalue weighted by Gasteiger charge is -2.32. The van der Waals surface area contributed by atoms with Gasteiger partial charge in [0.1, 0.15) is 5.03 Å². The van der Waals surface area contributed by atoms with Crippen LogP contribution in [0.3, 0.4) is 0 Å². The molecule has 7 heteroatoms. The van der Waals surface area contributed by atoms with Crippen LogP contribution in [0.4, 0.5) is 5.95 Å². The Morgan fingerprint density at radius 3 is 2.50 bits per heavy atom. The Morgan fingerprint density at radius 2 is 1.77 bits per heavy atom. The predicted octanol–water partition coefficient (Wildman–Crippen LogP) is 4.04. The molecule has 0 bridgehead atoms. The van der Waals surface area contributed by atoms with Crippen LogP contribution >= 0.6 is 11.8 Å². The molecule has 4 rings (SSSR count). The zero-order chi connectivity index (χ0) is 20.9. The van der Waals surface area contributed by atoms with Gasteiger partial charge in [-0.1, -0.05) is 29.5 Å². The number of pyridine rings is 1. The van der Waals surface area contributed by atoms with Crippen LogP contribution in [-0.4, -0.2) is 40.0 Å². The van der Waals surface area contributed by atoms with E-state index in [2.05, 4.69) is 57.2 Å². The van der Waals surface area contributed by atoms with E-state index in [1.807, 2.05) is 18.2 Å². The van der Waals surface area contributed by atoms with Gasteiger partial charge in [0, 0.05) is 42.6 Å². The predicted molar refractivity (Wildman–Crippen MR) is 119 cm³/mol. The molecule has 2 aromatic heterocycles. The van der Waals surface area contributed by atoms with Gasteiger partial charge in [0.05, 0.1) is 5.56 Å². The van der Waals surface area contributed by atoms with Crippen LogP contribution in [-0.2, 0) is 0 Å². The summed E-state index contributed by atoms with van der Waals surface area (Å²) in [7, 11) is 0. The number of amides is 1. The SMILES string of the molecule is Cc1ccc(Sc2ncccc2C(=O)NC2CCN(c3ncccn3)CC2)c(C)c1. The van der Waals surface area contributed by atoms with E-state index in [0.29, 0.717) is 5.56 Å². The third kappa shape index (κ3) is 4.79. The maximum Gasteiger partial charge on any atom is 0.254 e. The number of carbonyl (C=O) groups is 1. The Balaban J connectivity index is 1.41. The maximum atomic E-state index is 13.0. The molecule has 1 aliphatic rings. The van der Waals surface area contributed by atoms with E-state index in [-0.39, 0.29) is 11.9 Å². The second kappa shape index (κ2) is 9.26. The van der Waals surface area contributed by atoms with Crippen molar-refractivity contribution in [2.75, 3.05) is 18.0 Å². The van der Waals surface area contributed by atoms with Gasteiger partial charge in [-0.2, -0.15) is 0 Å². The normalized spacial score (nSPS) is 14.5. The lowest BCUT2D eigenvalue weighted by molar-refractivity contribution is 0.0927. The summed E-state index contributed by atoms with van der Waals surface area (Å²) in [5, 5.41) is 3.93. The molecule has 154 valence electrons. The summed E-state index contributed by atoms with van der Waals surface area (Å²) in [6.07, 6.45) is 6.98. The first-order chi connectivity index (χ1) is 14.6. The van der Waals surface area contributed by atoms with E-state index < -0.39 is 0 Å². The fourth-order valence-electron chi connectivity index (χ4n) is 3.60. The van der Waals surface area contributed by atoms with Gasteiger partial charge in [-0.15, -0.1) is 0 Å². The molecule has 0 aliphatic carbocycles. The number of nitrogens with zero attached hydrogens (tertiary/aromatic N) is 4. The Labute approximate surface area is 181 Å². The van der Waals surface area contributed by atoms with Gasteiger partial charge in [0.25, 0.3) is 5.91 Å². The molecule has 1 aromatic carbocycles. The van der Waals surface area contributed by atoms with Crippen molar-refractivity contribution in [1.29, 1.82) is 0 Å². The second-order valence-electron chi connectivity index (χ2n) is 7.51. The first-order valence-corrected chi connectivity index (χ1v) is 10.9. The van der Waals surface area contributed by atoms with E-state index in [1.54, 1.807) is 30.4 Å². The summed E-state index contributed by atoms with van der Waals surface area (Å²) in [4.78, 5) is 29.4. The molecule has 3 heterocycles. The average Bonchev–Trinajstić information content (AvgIpc) is 2.77. The Hall–Kier alpha value is -2.93. The minimum atomic E-state index is -0.0650. The van der Waals surface area contributed by atoms with Gasteiger partial charge in [-0.25, -0.2) is 15.0 Å². The highest BCUT2D eigenvalue weighted by molar-refractivity contribution is 7.99. The van der Waals surface area contributed by atoms with Gasteiger partial charge in [0.2, 0.25) is 5.95 Å². The van der Waals surface area contributed by atoms with Crippen LogP contribution < -0.4 is 10.2 Å². The maximum absolute atomic E-state index is 13.0. The number of hydrogen-bond acceptors (Lipinski definition) is 6. The van der Waals surface area contributed by atoms with Crippen molar-refractivity contribution in [3.63, 3.8) is 0 Å². The first kappa shape index (κ1) is 20.3. The fourth-order valence-corrected chi connectivity index (χ4v) is 4.55.